The van der Waals surface area contributed by atoms with Gasteiger partial charge in [-0.25, -0.2) is 4.39 Å². The molecule has 0 fully saturated rings. The van der Waals surface area contributed by atoms with Gasteiger partial charge in [-0.1, -0.05) is 11.2 Å². The van der Waals surface area contributed by atoms with Crippen molar-refractivity contribution in [1.82, 2.24) is 10.5 Å². The van der Waals surface area contributed by atoms with Crippen LogP contribution in [0.3, 0.4) is 0 Å². The van der Waals surface area contributed by atoms with Crippen molar-refractivity contribution in [2.45, 2.75) is 52.1 Å². The highest BCUT2D eigenvalue weighted by Crippen LogP contribution is 2.32. The second-order valence-corrected chi connectivity index (χ2v) is 6.01. The minimum atomic E-state index is -0.152. The van der Waals surface area contributed by atoms with Crippen LogP contribution in [0.4, 0.5) is 4.39 Å². The number of hydrogen-bond donors (Lipinski definition) is 1. The Morgan fingerprint density at radius 2 is 2.24 bits per heavy atom. The van der Waals surface area contributed by atoms with Crippen molar-refractivity contribution in [3.8, 4) is 0 Å². The van der Waals surface area contributed by atoms with Crippen molar-refractivity contribution >= 4 is 0 Å². The summed E-state index contributed by atoms with van der Waals surface area (Å²) in [5.74, 6) is 0.736. The molecule has 112 valence electrons. The van der Waals surface area contributed by atoms with Crippen LogP contribution in [0.1, 0.15) is 47.5 Å². The Bertz CT molecular complexity index is 631. The fourth-order valence-corrected chi connectivity index (χ4v) is 3.25. The van der Waals surface area contributed by atoms with Crippen LogP contribution < -0.4 is 5.32 Å². The molecule has 0 saturated heterocycles. The first-order valence-corrected chi connectivity index (χ1v) is 7.50. The SMILES string of the molecule is Cc1noc(C)c1CC(C)NC1CCc2ccc(F)cc21. The van der Waals surface area contributed by atoms with E-state index in [4.69, 9.17) is 4.52 Å². The van der Waals surface area contributed by atoms with Gasteiger partial charge in [0.25, 0.3) is 0 Å². The first-order valence-electron chi connectivity index (χ1n) is 7.50. The Balaban J connectivity index is 1.70. The third kappa shape index (κ3) is 2.86. The molecule has 2 unspecified atom stereocenters. The van der Waals surface area contributed by atoms with Gasteiger partial charge in [-0.05, 0) is 63.3 Å². The minimum absolute atomic E-state index is 0.152. The molecule has 0 amide bonds. The van der Waals surface area contributed by atoms with Gasteiger partial charge < -0.3 is 9.84 Å². The Hall–Kier alpha value is -1.68. The predicted octanol–water partition coefficient (Wildman–Crippen LogP) is 3.64. The van der Waals surface area contributed by atoms with Gasteiger partial charge in [0.15, 0.2) is 0 Å². The molecule has 1 N–H and O–H groups in total. The fourth-order valence-electron chi connectivity index (χ4n) is 3.25. The molecule has 2 atom stereocenters. The lowest BCUT2D eigenvalue weighted by molar-refractivity contribution is 0.390. The quantitative estimate of drug-likeness (QED) is 0.933. The van der Waals surface area contributed by atoms with Gasteiger partial charge in [-0.15, -0.1) is 0 Å². The van der Waals surface area contributed by atoms with Crippen LogP contribution in [0.5, 0.6) is 0 Å². The Labute approximate surface area is 124 Å². The summed E-state index contributed by atoms with van der Waals surface area (Å²) >= 11 is 0. The van der Waals surface area contributed by atoms with Gasteiger partial charge in [0.05, 0.1) is 5.69 Å². The summed E-state index contributed by atoms with van der Waals surface area (Å²) in [6, 6.07) is 5.66. The van der Waals surface area contributed by atoms with Gasteiger partial charge in [-0.2, -0.15) is 0 Å². The van der Waals surface area contributed by atoms with E-state index in [0.717, 1.165) is 36.3 Å². The molecular formula is C17H21FN2O. The van der Waals surface area contributed by atoms with Crippen molar-refractivity contribution < 1.29 is 8.91 Å². The molecule has 0 aliphatic heterocycles. The number of benzene rings is 1. The van der Waals surface area contributed by atoms with E-state index in [1.54, 1.807) is 12.1 Å². The van der Waals surface area contributed by atoms with E-state index >= 15 is 0 Å². The second kappa shape index (κ2) is 5.60. The molecule has 0 radical (unpaired) electrons. The van der Waals surface area contributed by atoms with E-state index in [-0.39, 0.29) is 11.9 Å². The number of nitrogens with one attached hydrogen (secondary N) is 1. The van der Waals surface area contributed by atoms with Crippen molar-refractivity contribution in [3.05, 3.63) is 52.2 Å². The topological polar surface area (TPSA) is 38.1 Å². The zero-order valence-corrected chi connectivity index (χ0v) is 12.7. The lowest BCUT2D eigenvalue weighted by Gasteiger charge is -2.20. The molecule has 2 aromatic rings. The van der Waals surface area contributed by atoms with Crippen LogP contribution in [0.25, 0.3) is 0 Å². The maximum Gasteiger partial charge on any atom is 0.137 e. The molecule has 1 aliphatic carbocycles. The summed E-state index contributed by atoms with van der Waals surface area (Å²) in [7, 11) is 0. The summed E-state index contributed by atoms with van der Waals surface area (Å²) in [6.07, 6.45) is 2.93. The normalized spacial score (nSPS) is 18.8. The van der Waals surface area contributed by atoms with Gasteiger partial charge >= 0.3 is 0 Å². The van der Waals surface area contributed by atoms with E-state index < -0.39 is 0 Å². The lowest BCUT2D eigenvalue weighted by Crippen LogP contribution is -2.31. The van der Waals surface area contributed by atoms with Crippen molar-refractivity contribution in [3.63, 3.8) is 0 Å². The molecule has 0 spiro atoms. The largest absolute Gasteiger partial charge is 0.361 e. The molecule has 1 aliphatic rings. The standard InChI is InChI=1S/C17H21FN2O/c1-10(8-15-11(2)20-21-12(15)3)19-17-7-5-13-4-6-14(18)9-16(13)17/h4,6,9-10,17,19H,5,7-8H2,1-3H3. The summed E-state index contributed by atoms with van der Waals surface area (Å²) in [4.78, 5) is 0. The highest BCUT2D eigenvalue weighted by Gasteiger charge is 2.24. The number of fused-ring (bicyclic) bond motifs is 1. The summed E-state index contributed by atoms with van der Waals surface area (Å²) in [5.41, 5.74) is 4.51. The Morgan fingerprint density at radius 1 is 1.43 bits per heavy atom. The van der Waals surface area contributed by atoms with E-state index in [2.05, 4.69) is 17.4 Å². The zero-order chi connectivity index (χ0) is 15.0. The molecule has 3 nitrogen and oxygen atoms in total. The molecule has 0 saturated carbocycles. The monoisotopic (exact) mass is 288 g/mol. The van der Waals surface area contributed by atoms with E-state index in [0.29, 0.717) is 6.04 Å². The molecule has 1 aromatic carbocycles. The molecular weight excluding hydrogens is 267 g/mol. The first-order chi connectivity index (χ1) is 10.0. The number of nitrogens with zero attached hydrogens (tertiary/aromatic N) is 1. The van der Waals surface area contributed by atoms with Gasteiger partial charge in [-0.3, -0.25) is 0 Å². The summed E-state index contributed by atoms with van der Waals surface area (Å²) in [5, 5.41) is 7.62. The number of hydrogen-bond acceptors (Lipinski definition) is 3. The third-order valence-corrected chi connectivity index (χ3v) is 4.36. The molecule has 1 heterocycles. The van der Waals surface area contributed by atoms with E-state index in [1.807, 2.05) is 19.9 Å². The van der Waals surface area contributed by atoms with E-state index in [1.165, 1.54) is 11.1 Å². The summed E-state index contributed by atoms with van der Waals surface area (Å²) in [6.45, 7) is 6.07. The van der Waals surface area contributed by atoms with Crippen molar-refractivity contribution in [2.24, 2.45) is 0 Å². The third-order valence-electron chi connectivity index (χ3n) is 4.36. The van der Waals surface area contributed by atoms with Crippen LogP contribution >= 0.6 is 0 Å². The van der Waals surface area contributed by atoms with Gasteiger partial charge in [0, 0.05) is 17.6 Å². The molecule has 3 rings (SSSR count). The van der Waals surface area contributed by atoms with Crippen LogP contribution in [0.2, 0.25) is 0 Å². The number of aryl methyl sites for hydroxylation is 3. The smallest absolute Gasteiger partial charge is 0.137 e. The second-order valence-electron chi connectivity index (χ2n) is 6.01. The summed E-state index contributed by atoms with van der Waals surface area (Å²) < 4.78 is 18.6. The highest BCUT2D eigenvalue weighted by molar-refractivity contribution is 5.35. The average molecular weight is 288 g/mol. The van der Waals surface area contributed by atoms with Crippen molar-refractivity contribution in [1.29, 1.82) is 0 Å². The van der Waals surface area contributed by atoms with Crippen LogP contribution in [-0.2, 0) is 12.8 Å². The average Bonchev–Trinajstić information content (AvgIpc) is 2.97. The maximum absolute atomic E-state index is 13.4. The van der Waals surface area contributed by atoms with Gasteiger partial charge in [0.1, 0.15) is 11.6 Å². The van der Waals surface area contributed by atoms with Gasteiger partial charge in [0.2, 0.25) is 0 Å². The van der Waals surface area contributed by atoms with Crippen molar-refractivity contribution in [2.75, 3.05) is 0 Å². The molecule has 4 heteroatoms. The number of halogens is 1. The Morgan fingerprint density at radius 3 is 2.95 bits per heavy atom. The lowest BCUT2D eigenvalue weighted by atomic mass is 10.0. The fraction of sp³-hybridized carbons (Fsp3) is 0.471. The Kier molecular flexibility index (Phi) is 3.81. The predicted molar refractivity (Wildman–Crippen MR) is 79.7 cm³/mol. The number of rotatable bonds is 4. The first kappa shape index (κ1) is 14.3. The zero-order valence-electron chi connectivity index (χ0n) is 12.7. The molecule has 21 heavy (non-hydrogen) atoms. The highest BCUT2D eigenvalue weighted by atomic mass is 19.1. The molecule has 1 aromatic heterocycles. The molecule has 0 bridgehead atoms. The van der Waals surface area contributed by atoms with Crippen LogP contribution in [-0.4, -0.2) is 11.2 Å². The number of aromatic nitrogens is 1. The van der Waals surface area contributed by atoms with Crippen LogP contribution in [0, 0.1) is 19.7 Å². The van der Waals surface area contributed by atoms with Crippen LogP contribution in [0.15, 0.2) is 22.7 Å². The van der Waals surface area contributed by atoms with E-state index in [9.17, 15) is 4.39 Å². The minimum Gasteiger partial charge on any atom is -0.361 e. The maximum atomic E-state index is 13.4.